The third-order valence-corrected chi connectivity index (χ3v) is 4.99. The molecule has 4 nitrogen and oxygen atoms in total. The smallest absolute Gasteiger partial charge is 0.255 e. The van der Waals surface area contributed by atoms with Crippen LogP contribution in [0.25, 0.3) is 0 Å². The van der Waals surface area contributed by atoms with E-state index in [1.54, 1.807) is 37.4 Å². The highest BCUT2D eigenvalue weighted by Crippen LogP contribution is 2.28. The predicted molar refractivity (Wildman–Crippen MR) is 117 cm³/mol. The zero-order chi connectivity index (χ0) is 21.0. The van der Waals surface area contributed by atoms with Gasteiger partial charge in [-0.05, 0) is 62.2 Å². The van der Waals surface area contributed by atoms with E-state index >= 15 is 0 Å². The van der Waals surface area contributed by atoms with E-state index in [1.165, 1.54) is 5.56 Å². The summed E-state index contributed by atoms with van der Waals surface area (Å²) in [5.41, 5.74) is 5.37. The molecule has 0 heterocycles. The molecule has 3 rings (SSSR count). The standard InChI is InChI=1S/C24H24ClNO3/c1-15-11-16(2)23(17(3)12-15)26-24(27)18-9-10-21(28-4)19(13-18)14-29-22-8-6-5-7-20(22)25/h5-13H,14H2,1-4H3,(H,26,27). The summed E-state index contributed by atoms with van der Waals surface area (Å²) in [4.78, 5) is 12.9. The van der Waals surface area contributed by atoms with Crippen LogP contribution in [0.15, 0.2) is 54.6 Å². The minimum absolute atomic E-state index is 0.179. The van der Waals surface area contributed by atoms with Crippen LogP contribution in [0.3, 0.4) is 0 Å². The van der Waals surface area contributed by atoms with Gasteiger partial charge < -0.3 is 14.8 Å². The van der Waals surface area contributed by atoms with Gasteiger partial charge in [0.15, 0.2) is 0 Å². The number of methoxy groups -OCH3 is 1. The van der Waals surface area contributed by atoms with E-state index in [-0.39, 0.29) is 12.5 Å². The van der Waals surface area contributed by atoms with Gasteiger partial charge in [-0.2, -0.15) is 0 Å². The average molecular weight is 410 g/mol. The first-order valence-corrected chi connectivity index (χ1v) is 9.70. The molecular weight excluding hydrogens is 386 g/mol. The maximum Gasteiger partial charge on any atom is 0.255 e. The molecule has 5 heteroatoms. The Labute approximate surface area is 176 Å². The van der Waals surface area contributed by atoms with E-state index in [2.05, 4.69) is 17.4 Å². The molecule has 3 aromatic carbocycles. The molecule has 0 saturated heterocycles. The Morgan fingerprint density at radius 1 is 0.966 bits per heavy atom. The van der Waals surface area contributed by atoms with Gasteiger partial charge in [0, 0.05) is 16.8 Å². The monoisotopic (exact) mass is 409 g/mol. The number of para-hydroxylation sites is 1. The summed E-state index contributed by atoms with van der Waals surface area (Å²) in [5, 5.41) is 3.56. The first kappa shape index (κ1) is 20.7. The molecule has 0 bridgehead atoms. The molecule has 1 amide bonds. The normalized spacial score (nSPS) is 10.5. The lowest BCUT2D eigenvalue weighted by Crippen LogP contribution is -2.14. The summed E-state index contributed by atoms with van der Waals surface area (Å²) in [6.45, 7) is 6.26. The first-order valence-electron chi connectivity index (χ1n) is 9.32. The molecule has 1 N–H and O–H groups in total. The zero-order valence-electron chi connectivity index (χ0n) is 17.0. The fourth-order valence-corrected chi connectivity index (χ4v) is 3.50. The predicted octanol–water partition coefficient (Wildman–Crippen LogP) is 6.11. The van der Waals surface area contributed by atoms with Crippen molar-refractivity contribution in [2.75, 3.05) is 12.4 Å². The summed E-state index contributed by atoms with van der Waals surface area (Å²) in [6.07, 6.45) is 0. The lowest BCUT2D eigenvalue weighted by Gasteiger charge is -2.15. The number of aryl methyl sites for hydroxylation is 3. The summed E-state index contributed by atoms with van der Waals surface area (Å²) in [7, 11) is 1.59. The molecule has 0 aliphatic carbocycles. The summed E-state index contributed by atoms with van der Waals surface area (Å²) in [6, 6.07) is 16.7. The number of hydrogen-bond donors (Lipinski definition) is 1. The second-order valence-corrected chi connectivity index (χ2v) is 7.38. The molecule has 0 saturated carbocycles. The number of hydrogen-bond acceptors (Lipinski definition) is 3. The number of nitrogens with one attached hydrogen (secondary N) is 1. The van der Waals surface area contributed by atoms with Crippen LogP contribution in [-0.2, 0) is 6.61 Å². The number of rotatable bonds is 6. The first-order chi connectivity index (χ1) is 13.9. The number of halogens is 1. The number of benzene rings is 3. The number of carbonyl (C=O) groups is 1. The van der Waals surface area contributed by atoms with Gasteiger partial charge in [0.2, 0.25) is 0 Å². The van der Waals surface area contributed by atoms with E-state index in [1.807, 2.05) is 32.9 Å². The Hall–Kier alpha value is -2.98. The van der Waals surface area contributed by atoms with E-state index < -0.39 is 0 Å². The molecule has 29 heavy (non-hydrogen) atoms. The number of carbonyl (C=O) groups excluding carboxylic acids is 1. The lowest BCUT2D eigenvalue weighted by atomic mass is 10.0. The zero-order valence-corrected chi connectivity index (χ0v) is 17.8. The molecule has 0 aliphatic heterocycles. The van der Waals surface area contributed by atoms with Crippen molar-refractivity contribution in [3.8, 4) is 11.5 Å². The van der Waals surface area contributed by atoms with E-state index in [0.717, 1.165) is 22.4 Å². The van der Waals surface area contributed by atoms with Gasteiger partial charge in [-0.1, -0.05) is 41.4 Å². The highest BCUT2D eigenvalue weighted by atomic mass is 35.5. The van der Waals surface area contributed by atoms with Crippen molar-refractivity contribution < 1.29 is 14.3 Å². The maximum atomic E-state index is 12.9. The van der Waals surface area contributed by atoms with E-state index in [0.29, 0.717) is 22.1 Å². The molecule has 0 radical (unpaired) electrons. The number of anilines is 1. The van der Waals surface area contributed by atoms with Crippen LogP contribution in [0.1, 0.15) is 32.6 Å². The average Bonchev–Trinajstić information content (AvgIpc) is 2.69. The van der Waals surface area contributed by atoms with Crippen molar-refractivity contribution >= 4 is 23.2 Å². The van der Waals surface area contributed by atoms with Crippen LogP contribution in [0.2, 0.25) is 5.02 Å². The van der Waals surface area contributed by atoms with Gasteiger partial charge in [-0.15, -0.1) is 0 Å². The van der Waals surface area contributed by atoms with Crippen molar-refractivity contribution in [2.24, 2.45) is 0 Å². The van der Waals surface area contributed by atoms with E-state index in [9.17, 15) is 4.79 Å². The Kier molecular flexibility index (Phi) is 6.45. The Balaban J connectivity index is 1.82. The van der Waals surface area contributed by atoms with Gasteiger partial charge in [-0.25, -0.2) is 0 Å². The Morgan fingerprint density at radius 3 is 2.31 bits per heavy atom. The minimum Gasteiger partial charge on any atom is -0.496 e. The van der Waals surface area contributed by atoms with Crippen LogP contribution in [0.5, 0.6) is 11.5 Å². The van der Waals surface area contributed by atoms with Crippen molar-refractivity contribution in [3.63, 3.8) is 0 Å². The SMILES string of the molecule is COc1ccc(C(=O)Nc2c(C)cc(C)cc2C)cc1COc1ccccc1Cl. The second-order valence-electron chi connectivity index (χ2n) is 6.97. The summed E-state index contributed by atoms with van der Waals surface area (Å²) >= 11 is 6.16. The van der Waals surface area contributed by atoms with Crippen molar-refractivity contribution in [3.05, 3.63) is 87.4 Å². The molecule has 0 spiro atoms. The van der Waals surface area contributed by atoms with Crippen LogP contribution in [0, 0.1) is 20.8 Å². The molecule has 150 valence electrons. The Bertz CT molecular complexity index is 1020. The highest BCUT2D eigenvalue weighted by molar-refractivity contribution is 6.32. The second kappa shape index (κ2) is 9.01. The third kappa shape index (κ3) is 4.90. The van der Waals surface area contributed by atoms with Crippen LogP contribution in [-0.4, -0.2) is 13.0 Å². The minimum atomic E-state index is -0.179. The van der Waals surface area contributed by atoms with Gasteiger partial charge in [0.05, 0.1) is 12.1 Å². The summed E-state index contributed by atoms with van der Waals surface area (Å²) in [5.74, 6) is 1.05. The lowest BCUT2D eigenvalue weighted by molar-refractivity contribution is 0.102. The fraction of sp³-hybridized carbons (Fsp3) is 0.208. The molecule has 0 atom stereocenters. The molecule has 3 aromatic rings. The van der Waals surface area contributed by atoms with Crippen LogP contribution >= 0.6 is 11.6 Å². The highest BCUT2D eigenvalue weighted by Gasteiger charge is 2.14. The molecular formula is C24H24ClNO3. The van der Waals surface area contributed by atoms with Crippen molar-refractivity contribution in [1.29, 1.82) is 0 Å². The molecule has 0 fully saturated rings. The quantitative estimate of drug-likeness (QED) is 0.534. The van der Waals surface area contributed by atoms with Gasteiger partial charge in [0.25, 0.3) is 5.91 Å². The molecule has 0 unspecified atom stereocenters. The number of amides is 1. The van der Waals surface area contributed by atoms with Crippen molar-refractivity contribution in [1.82, 2.24) is 0 Å². The van der Waals surface area contributed by atoms with Crippen molar-refractivity contribution in [2.45, 2.75) is 27.4 Å². The number of ether oxygens (including phenoxy) is 2. The maximum absolute atomic E-state index is 12.9. The molecule has 0 aliphatic rings. The van der Waals surface area contributed by atoms with Gasteiger partial charge in [-0.3, -0.25) is 4.79 Å². The van der Waals surface area contributed by atoms with Gasteiger partial charge in [0.1, 0.15) is 18.1 Å². The largest absolute Gasteiger partial charge is 0.496 e. The summed E-state index contributed by atoms with van der Waals surface area (Å²) < 4.78 is 11.2. The molecule has 0 aromatic heterocycles. The van der Waals surface area contributed by atoms with E-state index in [4.69, 9.17) is 21.1 Å². The van der Waals surface area contributed by atoms with Gasteiger partial charge >= 0.3 is 0 Å². The Morgan fingerprint density at radius 2 is 1.66 bits per heavy atom. The van der Waals surface area contributed by atoms with Crippen LogP contribution < -0.4 is 14.8 Å². The fourth-order valence-electron chi connectivity index (χ4n) is 3.31. The van der Waals surface area contributed by atoms with Crippen LogP contribution in [0.4, 0.5) is 5.69 Å². The topological polar surface area (TPSA) is 47.6 Å². The third-order valence-electron chi connectivity index (χ3n) is 4.68.